The fourth-order valence-corrected chi connectivity index (χ4v) is 5.54. The molecule has 11 heteroatoms. The number of aromatic nitrogens is 1. The number of rotatable bonds is 8. The van der Waals surface area contributed by atoms with Crippen LogP contribution in [0.5, 0.6) is 17.2 Å². The van der Waals surface area contributed by atoms with Crippen molar-refractivity contribution in [3.05, 3.63) is 76.2 Å². The van der Waals surface area contributed by atoms with Crippen molar-refractivity contribution >= 4 is 49.8 Å². The number of anilines is 1. The molecule has 0 saturated heterocycles. The molecule has 7 nitrogen and oxygen atoms in total. The van der Waals surface area contributed by atoms with Gasteiger partial charge in [-0.15, -0.1) is 0 Å². The van der Waals surface area contributed by atoms with Gasteiger partial charge in [0.25, 0.3) is 10.0 Å². The number of aromatic amines is 1. The van der Waals surface area contributed by atoms with Crippen LogP contribution in [0.25, 0.3) is 10.9 Å². The van der Waals surface area contributed by atoms with Crippen LogP contribution in [0.15, 0.2) is 59.6 Å². The van der Waals surface area contributed by atoms with E-state index >= 15 is 4.39 Å². The molecule has 1 aliphatic rings. The first-order valence-corrected chi connectivity index (χ1v) is 12.8. The largest absolute Gasteiger partial charge is 0.490 e. The van der Waals surface area contributed by atoms with Gasteiger partial charge in [-0.25, -0.2) is 12.8 Å². The van der Waals surface area contributed by atoms with Crippen molar-refractivity contribution in [2.75, 3.05) is 18.1 Å². The molecule has 0 radical (unpaired) electrons. The van der Waals surface area contributed by atoms with E-state index in [0.717, 1.165) is 5.56 Å². The highest BCUT2D eigenvalue weighted by molar-refractivity contribution is 7.92. The number of fused-ring (bicyclic) bond motifs is 2. The number of aryl methyl sites for hydroxylation is 1. The molecule has 0 atom stereocenters. The summed E-state index contributed by atoms with van der Waals surface area (Å²) in [6, 6.07) is 12.6. The van der Waals surface area contributed by atoms with Gasteiger partial charge in [-0.05, 0) is 54.8 Å². The quantitative estimate of drug-likeness (QED) is 0.263. The lowest BCUT2D eigenvalue weighted by molar-refractivity contribution is 0.174. The summed E-state index contributed by atoms with van der Waals surface area (Å²) in [5, 5.41) is 1.17. The van der Waals surface area contributed by atoms with E-state index in [-0.39, 0.29) is 24.8 Å². The molecule has 2 heterocycles. The van der Waals surface area contributed by atoms with Gasteiger partial charge in [0.2, 0.25) is 6.79 Å². The molecule has 0 saturated carbocycles. The zero-order chi connectivity index (χ0) is 24.6. The Labute approximate surface area is 210 Å². The van der Waals surface area contributed by atoms with E-state index in [1.54, 1.807) is 0 Å². The van der Waals surface area contributed by atoms with Crippen molar-refractivity contribution in [2.45, 2.75) is 17.7 Å². The topological polar surface area (TPSA) is 89.7 Å². The molecule has 4 aromatic rings. The lowest BCUT2D eigenvalue weighted by atomic mass is 10.1. The molecule has 2 N–H and O–H groups in total. The Balaban J connectivity index is 1.28. The lowest BCUT2D eigenvalue weighted by Gasteiger charge is -2.13. The third kappa shape index (κ3) is 4.71. The standard InChI is InChI=1S/C24H19Cl2FN2O5S/c25-15-7-8-17(24-22(15)16(26)12-28-24)29-35(30,31)21-5-1-4-19(23(21)27)32-10-2-3-14-6-9-18-20(11-14)34-13-33-18/h1,4-9,11-12,28-29H,2-3,10,13H2. The molecule has 0 bridgehead atoms. The van der Waals surface area contributed by atoms with Crippen molar-refractivity contribution < 1.29 is 27.0 Å². The molecule has 0 aliphatic carbocycles. The van der Waals surface area contributed by atoms with Crippen molar-refractivity contribution in [1.29, 1.82) is 0 Å². The number of ether oxygens (including phenoxy) is 3. The molecule has 0 spiro atoms. The fourth-order valence-electron chi connectivity index (χ4n) is 3.82. The van der Waals surface area contributed by atoms with Crippen LogP contribution in [0.2, 0.25) is 10.0 Å². The molecule has 0 amide bonds. The van der Waals surface area contributed by atoms with Crippen LogP contribution in [0.4, 0.5) is 10.1 Å². The summed E-state index contributed by atoms with van der Waals surface area (Å²) in [6.45, 7) is 0.401. The summed E-state index contributed by atoms with van der Waals surface area (Å²) in [5.41, 5.74) is 1.60. The van der Waals surface area contributed by atoms with Crippen LogP contribution in [0, 0.1) is 5.82 Å². The molecular formula is C24H19Cl2FN2O5S. The zero-order valence-corrected chi connectivity index (χ0v) is 20.4. The number of halogens is 3. The summed E-state index contributed by atoms with van der Waals surface area (Å²) in [4.78, 5) is 2.35. The lowest BCUT2D eigenvalue weighted by Crippen LogP contribution is -2.15. The van der Waals surface area contributed by atoms with Gasteiger partial charge >= 0.3 is 0 Å². The maximum absolute atomic E-state index is 15.1. The van der Waals surface area contributed by atoms with Crippen LogP contribution in [-0.2, 0) is 16.4 Å². The van der Waals surface area contributed by atoms with Crippen molar-refractivity contribution in [2.24, 2.45) is 0 Å². The summed E-state index contributed by atoms with van der Waals surface area (Å²) in [7, 11) is -4.28. The van der Waals surface area contributed by atoms with Crippen molar-refractivity contribution in [3.8, 4) is 17.2 Å². The highest BCUT2D eigenvalue weighted by atomic mass is 35.5. The molecule has 0 fully saturated rings. The minimum Gasteiger partial charge on any atom is -0.490 e. The van der Waals surface area contributed by atoms with Crippen molar-refractivity contribution in [1.82, 2.24) is 4.98 Å². The number of hydrogen-bond acceptors (Lipinski definition) is 5. The average Bonchev–Trinajstić information content (AvgIpc) is 3.46. The molecule has 1 aromatic heterocycles. The smallest absolute Gasteiger partial charge is 0.265 e. The molecular weight excluding hydrogens is 518 g/mol. The second-order valence-electron chi connectivity index (χ2n) is 7.79. The number of sulfonamides is 1. The predicted octanol–water partition coefficient (Wildman–Crippen LogP) is 6.15. The Morgan fingerprint density at radius 3 is 2.74 bits per heavy atom. The van der Waals surface area contributed by atoms with Crippen LogP contribution in [-0.4, -0.2) is 26.8 Å². The first-order chi connectivity index (χ1) is 16.8. The number of H-pyrrole nitrogens is 1. The molecule has 182 valence electrons. The SMILES string of the molecule is O=S(=O)(Nc1ccc(Cl)c2c(Cl)c[nH]c12)c1cccc(OCCCc2ccc3c(c2)OCO3)c1F. The van der Waals surface area contributed by atoms with Gasteiger partial charge < -0.3 is 19.2 Å². The normalized spacial score (nSPS) is 12.8. The number of hydrogen-bond donors (Lipinski definition) is 2. The monoisotopic (exact) mass is 536 g/mol. The minimum absolute atomic E-state index is 0.150. The first-order valence-electron chi connectivity index (χ1n) is 10.6. The molecule has 35 heavy (non-hydrogen) atoms. The summed E-state index contributed by atoms with van der Waals surface area (Å²) >= 11 is 12.3. The summed E-state index contributed by atoms with van der Waals surface area (Å²) < 4.78 is 59.8. The van der Waals surface area contributed by atoms with Gasteiger partial charge in [0, 0.05) is 11.6 Å². The van der Waals surface area contributed by atoms with E-state index < -0.39 is 20.7 Å². The highest BCUT2D eigenvalue weighted by Crippen LogP contribution is 2.36. The van der Waals surface area contributed by atoms with Gasteiger partial charge in [-0.3, -0.25) is 4.72 Å². The summed E-state index contributed by atoms with van der Waals surface area (Å²) in [5.74, 6) is 0.275. The summed E-state index contributed by atoms with van der Waals surface area (Å²) in [6.07, 6.45) is 2.75. The van der Waals surface area contributed by atoms with Gasteiger partial charge in [-0.1, -0.05) is 35.3 Å². The molecule has 3 aromatic carbocycles. The van der Waals surface area contributed by atoms with E-state index in [1.807, 2.05) is 18.2 Å². The zero-order valence-electron chi connectivity index (χ0n) is 18.1. The Hall–Kier alpha value is -3.14. The average molecular weight is 537 g/mol. The number of benzene rings is 3. The molecule has 5 rings (SSSR count). The van der Waals surface area contributed by atoms with Gasteiger partial charge in [0.05, 0.1) is 27.9 Å². The van der Waals surface area contributed by atoms with E-state index in [2.05, 4.69) is 9.71 Å². The predicted molar refractivity (Wildman–Crippen MR) is 132 cm³/mol. The highest BCUT2D eigenvalue weighted by Gasteiger charge is 2.24. The Kier molecular flexibility index (Phi) is 6.39. The minimum atomic E-state index is -4.28. The van der Waals surface area contributed by atoms with E-state index in [4.69, 9.17) is 37.4 Å². The van der Waals surface area contributed by atoms with Crippen molar-refractivity contribution in [3.63, 3.8) is 0 Å². The Morgan fingerprint density at radius 1 is 1.06 bits per heavy atom. The maximum Gasteiger partial charge on any atom is 0.265 e. The number of nitrogens with one attached hydrogen (secondary N) is 2. The van der Waals surface area contributed by atoms with E-state index in [9.17, 15) is 8.42 Å². The van der Waals surface area contributed by atoms with Gasteiger partial charge in [0.15, 0.2) is 23.1 Å². The molecule has 0 unspecified atom stereocenters. The van der Waals surface area contributed by atoms with E-state index in [1.165, 1.54) is 36.5 Å². The third-order valence-corrected chi connectivity index (χ3v) is 7.50. The maximum atomic E-state index is 15.1. The van der Waals surface area contributed by atoms with Crippen LogP contribution < -0.4 is 18.9 Å². The second-order valence-corrected chi connectivity index (χ2v) is 10.3. The van der Waals surface area contributed by atoms with Gasteiger partial charge in [0.1, 0.15) is 4.90 Å². The Bertz CT molecular complexity index is 1520. The second kappa shape index (κ2) is 9.49. The first kappa shape index (κ1) is 23.6. The fraction of sp³-hybridized carbons (Fsp3) is 0.167. The third-order valence-electron chi connectivity index (χ3n) is 5.50. The van der Waals surface area contributed by atoms with Crippen LogP contribution in [0.3, 0.4) is 0 Å². The van der Waals surface area contributed by atoms with Gasteiger partial charge in [-0.2, -0.15) is 0 Å². The Morgan fingerprint density at radius 2 is 1.89 bits per heavy atom. The van der Waals surface area contributed by atoms with Crippen LogP contribution >= 0.6 is 23.2 Å². The van der Waals surface area contributed by atoms with E-state index in [0.29, 0.717) is 45.3 Å². The molecule has 1 aliphatic heterocycles. The van der Waals surface area contributed by atoms with Crippen LogP contribution in [0.1, 0.15) is 12.0 Å².